The maximum Gasteiger partial charge on any atom is 0.0778 e. The molecular weight excluding hydrogens is 324 g/mol. The van der Waals surface area contributed by atoms with Crippen LogP contribution in [0.4, 0.5) is 0 Å². The Morgan fingerprint density at radius 1 is 0.895 bits per heavy atom. The minimum Gasteiger partial charge on any atom is -0.330 e. The van der Waals surface area contributed by atoms with Crippen molar-refractivity contribution in [2.75, 3.05) is 6.54 Å². The van der Waals surface area contributed by atoms with E-state index < -0.39 is 0 Å². The average Bonchev–Trinajstić information content (AvgIpc) is 2.36. The molecule has 0 bridgehead atoms. The zero-order valence-corrected chi connectivity index (χ0v) is 12.9. The highest BCUT2D eigenvalue weighted by molar-refractivity contribution is 6.48. The number of hydrogen-bond acceptors (Lipinski definition) is 1. The SMILES string of the molecule is NCCc1cccc(Cl)c1-c1cc(Cl)c(Cl)c(Cl)c1. The summed E-state index contributed by atoms with van der Waals surface area (Å²) in [6, 6.07) is 9.24. The summed E-state index contributed by atoms with van der Waals surface area (Å²) in [6.07, 6.45) is 0.730. The lowest BCUT2D eigenvalue weighted by Gasteiger charge is -2.12. The molecule has 0 saturated carbocycles. The van der Waals surface area contributed by atoms with Gasteiger partial charge in [0, 0.05) is 10.6 Å². The Morgan fingerprint density at radius 3 is 2.11 bits per heavy atom. The quantitative estimate of drug-likeness (QED) is 0.740. The Labute approximate surface area is 132 Å². The van der Waals surface area contributed by atoms with Crippen LogP contribution in [0.15, 0.2) is 30.3 Å². The molecule has 0 atom stereocenters. The molecule has 2 aromatic rings. The van der Waals surface area contributed by atoms with Gasteiger partial charge in [0.05, 0.1) is 15.1 Å². The Kier molecular flexibility index (Phi) is 4.99. The lowest BCUT2D eigenvalue weighted by Crippen LogP contribution is -2.04. The van der Waals surface area contributed by atoms with Crippen molar-refractivity contribution in [3.8, 4) is 11.1 Å². The molecule has 0 spiro atoms. The van der Waals surface area contributed by atoms with Crippen molar-refractivity contribution in [3.63, 3.8) is 0 Å². The van der Waals surface area contributed by atoms with E-state index in [0.717, 1.165) is 23.1 Å². The summed E-state index contributed by atoms with van der Waals surface area (Å²) < 4.78 is 0. The van der Waals surface area contributed by atoms with Gasteiger partial charge in [0.25, 0.3) is 0 Å². The molecule has 0 aliphatic carbocycles. The molecule has 0 aliphatic heterocycles. The first-order chi connectivity index (χ1) is 9.04. The number of rotatable bonds is 3. The highest BCUT2D eigenvalue weighted by Gasteiger charge is 2.13. The predicted molar refractivity (Wildman–Crippen MR) is 84.7 cm³/mol. The molecule has 0 aliphatic rings. The molecule has 1 nitrogen and oxygen atoms in total. The Hall–Kier alpha value is -0.440. The van der Waals surface area contributed by atoms with Crippen LogP contribution in [0.3, 0.4) is 0 Å². The van der Waals surface area contributed by atoms with E-state index in [4.69, 9.17) is 52.1 Å². The average molecular weight is 335 g/mol. The molecule has 0 amide bonds. The fraction of sp³-hybridized carbons (Fsp3) is 0.143. The van der Waals surface area contributed by atoms with E-state index in [9.17, 15) is 0 Å². The smallest absolute Gasteiger partial charge is 0.0778 e. The van der Waals surface area contributed by atoms with Gasteiger partial charge in [-0.15, -0.1) is 0 Å². The first kappa shape index (κ1) is 15.0. The van der Waals surface area contributed by atoms with Crippen molar-refractivity contribution in [1.29, 1.82) is 0 Å². The molecule has 0 unspecified atom stereocenters. The first-order valence-electron chi connectivity index (χ1n) is 5.67. The summed E-state index contributed by atoms with van der Waals surface area (Å²) in [5.74, 6) is 0. The molecule has 19 heavy (non-hydrogen) atoms. The third-order valence-electron chi connectivity index (χ3n) is 2.79. The van der Waals surface area contributed by atoms with Crippen molar-refractivity contribution in [3.05, 3.63) is 56.0 Å². The van der Waals surface area contributed by atoms with E-state index in [1.54, 1.807) is 12.1 Å². The Balaban J connectivity index is 2.64. The molecule has 100 valence electrons. The van der Waals surface area contributed by atoms with Crippen LogP contribution in [0, 0.1) is 0 Å². The van der Waals surface area contributed by atoms with E-state index >= 15 is 0 Å². The summed E-state index contributed by atoms with van der Waals surface area (Å²) in [5, 5.41) is 1.80. The summed E-state index contributed by atoms with van der Waals surface area (Å²) in [7, 11) is 0. The molecule has 2 aromatic carbocycles. The van der Waals surface area contributed by atoms with Gasteiger partial charge in [-0.1, -0.05) is 58.5 Å². The highest BCUT2D eigenvalue weighted by atomic mass is 35.5. The van der Waals surface area contributed by atoms with E-state index in [-0.39, 0.29) is 0 Å². The minimum absolute atomic E-state index is 0.347. The van der Waals surface area contributed by atoms with Crippen LogP contribution >= 0.6 is 46.4 Å². The first-order valence-corrected chi connectivity index (χ1v) is 7.18. The third kappa shape index (κ3) is 3.18. The monoisotopic (exact) mass is 333 g/mol. The zero-order valence-electron chi connectivity index (χ0n) is 9.89. The van der Waals surface area contributed by atoms with Crippen LogP contribution < -0.4 is 5.73 Å². The summed E-state index contributed by atoms with van der Waals surface area (Å²) in [6.45, 7) is 0.544. The van der Waals surface area contributed by atoms with Crippen molar-refractivity contribution in [2.45, 2.75) is 6.42 Å². The van der Waals surface area contributed by atoms with Gasteiger partial charge in [-0.3, -0.25) is 0 Å². The van der Waals surface area contributed by atoms with Gasteiger partial charge in [-0.25, -0.2) is 0 Å². The van der Waals surface area contributed by atoms with Crippen LogP contribution in [-0.4, -0.2) is 6.54 Å². The molecule has 2 N–H and O–H groups in total. The molecule has 2 rings (SSSR count). The van der Waals surface area contributed by atoms with Crippen molar-refractivity contribution >= 4 is 46.4 Å². The number of nitrogens with two attached hydrogens (primary N) is 1. The second-order valence-electron chi connectivity index (χ2n) is 4.07. The Morgan fingerprint density at radius 2 is 1.53 bits per heavy atom. The second-order valence-corrected chi connectivity index (χ2v) is 5.67. The van der Waals surface area contributed by atoms with Gasteiger partial charge >= 0.3 is 0 Å². The van der Waals surface area contributed by atoms with Gasteiger partial charge < -0.3 is 5.73 Å². The van der Waals surface area contributed by atoms with E-state index in [1.807, 2.05) is 18.2 Å². The molecule has 0 radical (unpaired) electrons. The van der Waals surface area contributed by atoms with Crippen molar-refractivity contribution in [2.24, 2.45) is 5.73 Å². The maximum absolute atomic E-state index is 6.28. The normalized spacial score (nSPS) is 10.8. The van der Waals surface area contributed by atoms with Gasteiger partial charge in [0.2, 0.25) is 0 Å². The number of benzene rings is 2. The Bertz CT molecular complexity index is 587. The van der Waals surface area contributed by atoms with E-state index in [2.05, 4.69) is 0 Å². The molecule has 0 heterocycles. The summed E-state index contributed by atoms with van der Waals surface area (Å²) >= 11 is 24.4. The van der Waals surface area contributed by atoms with Crippen molar-refractivity contribution < 1.29 is 0 Å². The summed E-state index contributed by atoms with van der Waals surface area (Å²) in [4.78, 5) is 0. The molecule has 5 heteroatoms. The lowest BCUT2D eigenvalue weighted by molar-refractivity contribution is 0.971. The highest BCUT2D eigenvalue weighted by Crippen LogP contribution is 2.38. The fourth-order valence-corrected chi connectivity index (χ4v) is 2.86. The third-order valence-corrected chi connectivity index (χ3v) is 4.30. The van der Waals surface area contributed by atoms with Crippen LogP contribution in [0.2, 0.25) is 20.1 Å². The largest absolute Gasteiger partial charge is 0.330 e. The predicted octanol–water partition coefficient (Wildman–Crippen LogP) is 5.47. The van der Waals surface area contributed by atoms with Gasteiger partial charge in [-0.2, -0.15) is 0 Å². The van der Waals surface area contributed by atoms with E-state index in [0.29, 0.717) is 26.6 Å². The molecule has 0 fully saturated rings. The van der Waals surface area contributed by atoms with Gasteiger partial charge in [0.1, 0.15) is 0 Å². The van der Waals surface area contributed by atoms with Crippen LogP contribution in [0.25, 0.3) is 11.1 Å². The standard InChI is InChI=1S/C14H11Cl4N/c15-10-3-1-2-8(4-5-19)13(10)9-6-11(16)14(18)12(17)7-9/h1-3,6-7H,4-5,19H2. The maximum atomic E-state index is 6.28. The van der Waals surface area contributed by atoms with E-state index in [1.165, 1.54) is 0 Å². The minimum atomic E-state index is 0.347. The van der Waals surface area contributed by atoms with Gasteiger partial charge in [0.15, 0.2) is 0 Å². The van der Waals surface area contributed by atoms with Crippen molar-refractivity contribution in [1.82, 2.24) is 0 Å². The number of halogens is 4. The van der Waals surface area contributed by atoms with Gasteiger partial charge in [-0.05, 0) is 42.3 Å². The lowest BCUT2D eigenvalue weighted by atomic mass is 9.97. The molecule has 0 aromatic heterocycles. The fourth-order valence-electron chi connectivity index (χ4n) is 1.96. The number of hydrogen-bond donors (Lipinski definition) is 1. The molecular formula is C14H11Cl4N. The zero-order chi connectivity index (χ0) is 14.0. The van der Waals surface area contributed by atoms with Crippen LogP contribution in [-0.2, 0) is 6.42 Å². The van der Waals surface area contributed by atoms with Crippen LogP contribution in [0.1, 0.15) is 5.56 Å². The molecule has 0 saturated heterocycles. The summed E-state index contributed by atoms with van der Waals surface area (Å²) in [5.41, 5.74) is 8.42. The second kappa shape index (κ2) is 6.34. The topological polar surface area (TPSA) is 26.0 Å². The van der Waals surface area contributed by atoms with Crippen LogP contribution in [0.5, 0.6) is 0 Å².